The van der Waals surface area contributed by atoms with E-state index in [0.717, 1.165) is 19.5 Å². The number of benzene rings is 1. The van der Waals surface area contributed by atoms with Gasteiger partial charge in [0.2, 0.25) is 5.91 Å². The number of nitrogens with zero attached hydrogens (tertiary/aromatic N) is 1. The zero-order valence-corrected chi connectivity index (χ0v) is 11.2. The van der Waals surface area contributed by atoms with E-state index in [9.17, 15) is 4.79 Å². The lowest BCUT2D eigenvalue weighted by Crippen LogP contribution is -2.43. The third-order valence-electron chi connectivity index (χ3n) is 3.56. The van der Waals surface area contributed by atoms with Crippen LogP contribution in [-0.2, 0) is 11.3 Å². The molecular weight excluding hydrogens is 224 g/mol. The van der Waals surface area contributed by atoms with E-state index < -0.39 is 0 Å². The molecular formula is C15H22N2O. The van der Waals surface area contributed by atoms with E-state index in [-0.39, 0.29) is 11.8 Å². The molecule has 3 nitrogen and oxygen atoms in total. The number of hydrogen-bond acceptors (Lipinski definition) is 2. The molecule has 1 aromatic rings. The van der Waals surface area contributed by atoms with Gasteiger partial charge in [0.1, 0.15) is 0 Å². The smallest absolute Gasteiger partial charge is 0.227 e. The van der Waals surface area contributed by atoms with Crippen LogP contribution in [0.3, 0.4) is 0 Å². The lowest BCUT2D eigenvalue weighted by atomic mass is 9.91. The van der Waals surface area contributed by atoms with Crippen molar-refractivity contribution < 1.29 is 4.79 Å². The number of carbonyl (C=O) groups is 1. The van der Waals surface area contributed by atoms with Gasteiger partial charge < -0.3 is 10.2 Å². The van der Waals surface area contributed by atoms with Crippen LogP contribution in [0, 0.1) is 11.8 Å². The highest BCUT2D eigenvalue weighted by Crippen LogP contribution is 2.18. The second-order valence-corrected chi connectivity index (χ2v) is 5.38. The highest BCUT2D eigenvalue weighted by molar-refractivity contribution is 5.79. The first-order valence-electron chi connectivity index (χ1n) is 6.66. The van der Waals surface area contributed by atoms with Gasteiger partial charge in [0.05, 0.1) is 5.92 Å². The Labute approximate surface area is 109 Å². The summed E-state index contributed by atoms with van der Waals surface area (Å²) in [7, 11) is 1.90. The molecule has 1 amide bonds. The predicted octanol–water partition coefficient (Wildman–Crippen LogP) is 1.89. The van der Waals surface area contributed by atoms with Gasteiger partial charge in [-0.3, -0.25) is 4.79 Å². The third kappa shape index (κ3) is 3.33. The normalized spacial score (nSPS) is 23.7. The molecule has 1 aliphatic rings. The topological polar surface area (TPSA) is 32.3 Å². The fourth-order valence-electron chi connectivity index (χ4n) is 2.59. The Morgan fingerprint density at radius 1 is 1.33 bits per heavy atom. The van der Waals surface area contributed by atoms with Crippen molar-refractivity contribution in [3.8, 4) is 0 Å². The first-order chi connectivity index (χ1) is 8.66. The molecule has 0 saturated carbocycles. The Morgan fingerprint density at radius 3 is 2.72 bits per heavy atom. The number of piperidine rings is 1. The number of hydrogen-bond donors (Lipinski definition) is 1. The van der Waals surface area contributed by atoms with Gasteiger partial charge in [0.15, 0.2) is 0 Å². The van der Waals surface area contributed by atoms with Crippen molar-refractivity contribution in [1.82, 2.24) is 10.2 Å². The molecule has 2 atom stereocenters. The first-order valence-corrected chi connectivity index (χ1v) is 6.66. The summed E-state index contributed by atoms with van der Waals surface area (Å²) in [6.45, 7) is 4.75. The molecule has 1 aromatic carbocycles. The number of carbonyl (C=O) groups excluding carboxylic acids is 1. The molecule has 0 aliphatic carbocycles. The average molecular weight is 246 g/mol. The zero-order chi connectivity index (χ0) is 13.0. The minimum absolute atomic E-state index is 0.141. The highest BCUT2D eigenvalue weighted by atomic mass is 16.2. The van der Waals surface area contributed by atoms with Crippen LogP contribution in [-0.4, -0.2) is 30.9 Å². The van der Waals surface area contributed by atoms with E-state index >= 15 is 0 Å². The van der Waals surface area contributed by atoms with E-state index in [1.807, 2.05) is 30.1 Å². The Bertz CT molecular complexity index is 391. The van der Waals surface area contributed by atoms with Gasteiger partial charge in [-0.25, -0.2) is 0 Å². The fraction of sp³-hybridized carbons (Fsp3) is 0.533. The van der Waals surface area contributed by atoms with Crippen LogP contribution >= 0.6 is 0 Å². The lowest BCUT2D eigenvalue weighted by Gasteiger charge is -2.30. The molecule has 18 heavy (non-hydrogen) atoms. The van der Waals surface area contributed by atoms with Crippen LogP contribution in [0.15, 0.2) is 30.3 Å². The van der Waals surface area contributed by atoms with Crippen LogP contribution in [0.1, 0.15) is 18.9 Å². The summed E-state index contributed by atoms with van der Waals surface area (Å²) < 4.78 is 0. The van der Waals surface area contributed by atoms with E-state index in [1.54, 1.807) is 0 Å². The summed E-state index contributed by atoms with van der Waals surface area (Å²) in [5.74, 6) is 0.998. The van der Waals surface area contributed by atoms with Gasteiger partial charge >= 0.3 is 0 Å². The van der Waals surface area contributed by atoms with Crippen molar-refractivity contribution in [2.45, 2.75) is 19.9 Å². The molecule has 3 heteroatoms. The maximum absolute atomic E-state index is 12.3. The van der Waals surface area contributed by atoms with Gasteiger partial charge in [-0.05, 0) is 24.4 Å². The molecule has 2 rings (SSSR count). The summed E-state index contributed by atoms with van der Waals surface area (Å²) in [4.78, 5) is 14.2. The standard InChI is InChI=1S/C15H22N2O/c1-12-8-14(10-16-9-12)15(18)17(2)11-13-6-4-3-5-7-13/h3-7,12,14,16H,8-11H2,1-2H3. The minimum Gasteiger partial charge on any atom is -0.341 e. The Hall–Kier alpha value is -1.35. The molecule has 98 valence electrons. The van der Waals surface area contributed by atoms with Crippen molar-refractivity contribution in [2.75, 3.05) is 20.1 Å². The molecule has 0 bridgehead atoms. The fourth-order valence-corrected chi connectivity index (χ4v) is 2.59. The van der Waals surface area contributed by atoms with E-state index in [1.165, 1.54) is 5.56 Å². The zero-order valence-electron chi connectivity index (χ0n) is 11.2. The SMILES string of the molecule is CC1CNCC(C(=O)N(C)Cc2ccccc2)C1. The van der Waals surface area contributed by atoms with Gasteiger partial charge in [0, 0.05) is 20.1 Å². The van der Waals surface area contributed by atoms with Crippen molar-refractivity contribution in [2.24, 2.45) is 11.8 Å². The summed E-state index contributed by atoms with van der Waals surface area (Å²) in [5.41, 5.74) is 1.19. The highest BCUT2D eigenvalue weighted by Gasteiger charge is 2.26. The molecule has 1 heterocycles. The average Bonchev–Trinajstić information content (AvgIpc) is 2.39. The quantitative estimate of drug-likeness (QED) is 0.883. The first kappa shape index (κ1) is 13.1. The van der Waals surface area contributed by atoms with Crippen LogP contribution in [0.5, 0.6) is 0 Å². The van der Waals surface area contributed by atoms with Crippen molar-refractivity contribution in [3.05, 3.63) is 35.9 Å². The molecule has 0 aromatic heterocycles. The van der Waals surface area contributed by atoms with Gasteiger partial charge in [-0.15, -0.1) is 0 Å². The molecule has 1 fully saturated rings. The van der Waals surface area contributed by atoms with Crippen molar-refractivity contribution >= 4 is 5.91 Å². The molecule has 0 spiro atoms. The van der Waals surface area contributed by atoms with Crippen LogP contribution in [0.4, 0.5) is 0 Å². The maximum Gasteiger partial charge on any atom is 0.227 e. The van der Waals surface area contributed by atoms with Gasteiger partial charge in [0.25, 0.3) is 0 Å². The predicted molar refractivity (Wildman–Crippen MR) is 73.1 cm³/mol. The number of amides is 1. The summed E-state index contributed by atoms with van der Waals surface area (Å²) in [6, 6.07) is 10.1. The number of rotatable bonds is 3. The lowest BCUT2D eigenvalue weighted by molar-refractivity contribution is -0.135. The van der Waals surface area contributed by atoms with E-state index in [0.29, 0.717) is 12.5 Å². The molecule has 1 aliphatic heterocycles. The van der Waals surface area contributed by atoms with Crippen LogP contribution < -0.4 is 5.32 Å². The Kier molecular flexibility index (Phi) is 4.37. The Balaban J connectivity index is 1.92. The monoisotopic (exact) mass is 246 g/mol. The molecule has 0 radical (unpaired) electrons. The summed E-state index contributed by atoms with van der Waals surface area (Å²) in [6.07, 6.45) is 1.00. The minimum atomic E-state index is 0.141. The van der Waals surface area contributed by atoms with Crippen molar-refractivity contribution in [3.63, 3.8) is 0 Å². The Morgan fingerprint density at radius 2 is 2.06 bits per heavy atom. The molecule has 1 saturated heterocycles. The van der Waals surface area contributed by atoms with E-state index in [2.05, 4.69) is 24.4 Å². The summed E-state index contributed by atoms with van der Waals surface area (Å²) >= 11 is 0. The maximum atomic E-state index is 12.3. The largest absolute Gasteiger partial charge is 0.341 e. The van der Waals surface area contributed by atoms with E-state index in [4.69, 9.17) is 0 Å². The second-order valence-electron chi connectivity index (χ2n) is 5.38. The van der Waals surface area contributed by atoms with Gasteiger partial charge in [-0.2, -0.15) is 0 Å². The van der Waals surface area contributed by atoms with Crippen LogP contribution in [0.25, 0.3) is 0 Å². The van der Waals surface area contributed by atoms with Crippen molar-refractivity contribution in [1.29, 1.82) is 0 Å². The molecule has 1 N–H and O–H groups in total. The second kappa shape index (κ2) is 6.01. The van der Waals surface area contributed by atoms with Gasteiger partial charge in [-0.1, -0.05) is 37.3 Å². The number of nitrogens with one attached hydrogen (secondary N) is 1. The summed E-state index contributed by atoms with van der Waals surface area (Å²) in [5, 5.41) is 3.34. The van der Waals surface area contributed by atoms with Crippen LogP contribution in [0.2, 0.25) is 0 Å². The molecule has 2 unspecified atom stereocenters. The third-order valence-corrected chi connectivity index (χ3v) is 3.56.